The Morgan fingerprint density at radius 3 is 2.58 bits per heavy atom. The molecule has 0 unspecified atom stereocenters. The van der Waals surface area contributed by atoms with Crippen molar-refractivity contribution in [1.82, 2.24) is 20.2 Å². The molecule has 1 aromatic heterocycles. The second kappa shape index (κ2) is 8.70. The number of hydrogen-bond acceptors (Lipinski definition) is 4. The lowest BCUT2D eigenvalue weighted by Gasteiger charge is -2.15. The van der Waals surface area contributed by atoms with Gasteiger partial charge in [-0.05, 0) is 18.1 Å². The van der Waals surface area contributed by atoms with Crippen LogP contribution in [-0.4, -0.2) is 40.5 Å². The second-order valence-electron chi connectivity index (χ2n) is 6.25. The average Bonchev–Trinajstić information content (AvgIpc) is 2.97. The predicted octanol–water partition coefficient (Wildman–Crippen LogP) is 1.19. The number of carbonyl (C=O) groups is 2. The minimum atomic E-state index is -2.72. The average molecular weight is 367 g/mol. The van der Waals surface area contributed by atoms with Crippen molar-refractivity contribution in [2.75, 3.05) is 13.1 Å². The molecule has 0 saturated heterocycles. The Hall–Kier alpha value is -2.55. The Morgan fingerprint density at radius 1 is 1.23 bits per heavy atom. The van der Waals surface area contributed by atoms with Crippen LogP contribution < -0.4 is 16.4 Å². The summed E-state index contributed by atoms with van der Waals surface area (Å²) in [6, 6.07) is 5.93. The summed E-state index contributed by atoms with van der Waals surface area (Å²) in [5.41, 5.74) is 6.50. The molecular formula is C17H23F2N5O2. The van der Waals surface area contributed by atoms with Gasteiger partial charge in [0.15, 0.2) is 0 Å². The summed E-state index contributed by atoms with van der Waals surface area (Å²) in [6.07, 6.45) is 0.143. The van der Waals surface area contributed by atoms with Crippen LogP contribution in [0.1, 0.15) is 26.2 Å². The third kappa shape index (κ3) is 4.75. The number of hydrogen-bond donors (Lipinski definition) is 3. The Labute approximate surface area is 149 Å². The first-order chi connectivity index (χ1) is 12.3. The number of nitrogens with zero attached hydrogens (tertiary/aromatic N) is 2. The SMILES string of the molecule is CC(C)[C@H](N)C(=O)NCC(=O)NCCc1nc2ccccc2n1C(F)F. The number of rotatable bonds is 8. The molecule has 2 aromatic rings. The Kier molecular flexibility index (Phi) is 6.62. The van der Waals surface area contributed by atoms with Gasteiger partial charge in [-0.25, -0.2) is 4.98 Å². The molecular weight excluding hydrogens is 344 g/mol. The maximum absolute atomic E-state index is 13.3. The minimum Gasteiger partial charge on any atom is -0.354 e. The number of imidazole rings is 1. The van der Waals surface area contributed by atoms with Gasteiger partial charge in [-0.3, -0.25) is 14.2 Å². The molecule has 0 saturated carbocycles. The summed E-state index contributed by atoms with van der Waals surface area (Å²) in [5.74, 6) is -0.684. The number of carbonyl (C=O) groups excluding carboxylic acids is 2. The van der Waals surface area contributed by atoms with E-state index in [-0.39, 0.29) is 31.3 Å². The number of nitrogens with one attached hydrogen (secondary N) is 2. The molecule has 2 rings (SSSR count). The molecule has 1 atom stereocenters. The van der Waals surface area contributed by atoms with E-state index >= 15 is 0 Å². The van der Waals surface area contributed by atoms with Crippen LogP contribution in [0.4, 0.5) is 8.78 Å². The maximum atomic E-state index is 13.3. The highest BCUT2D eigenvalue weighted by atomic mass is 19.3. The summed E-state index contributed by atoms with van der Waals surface area (Å²) in [5, 5.41) is 5.02. The highest BCUT2D eigenvalue weighted by Crippen LogP contribution is 2.23. The summed E-state index contributed by atoms with van der Waals surface area (Å²) < 4.78 is 27.5. The third-order valence-electron chi connectivity index (χ3n) is 3.98. The van der Waals surface area contributed by atoms with E-state index in [0.29, 0.717) is 11.0 Å². The van der Waals surface area contributed by atoms with Crippen molar-refractivity contribution < 1.29 is 18.4 Å². The van der Waals surface area contributed by atoms with Crippen molar-refractivity contribution in [3.8, 4) is 0 Å². The number of aromatic nitrogens is 2. The molecule has 26 heavy (non-hydrogen) atoms. The molecule has 0 radical (unpaired) electrons. The molecule has 0 aliphatic rings. The van der Waals surface area contributed by atoms with Gasteiger partial charge in [0, 0.05) is 13.0 Å². The summed E-state index contributed by atoms with van der Waals surface area (Å²) in [6.45, 7) is 0.801. The zero-order chi connectivity index (χ0) is 19.3. The Morgan fingerprint density at radius 2 is 1.92 bits per heavy atom. The van der Waals surface area contributed by atoms with Crippen molar-refractivity contribution >= 4 is 22.8 Å². The standard InChI is InChI=1S/C17H23F2N5O2/c1-10(2)15(20)16(26)22-9-14(25)21-8-7-13-23-11-5-3-4-6-12(11)24(13)17(18)19/h3-6,10,15,17H,7-9,20H2,1-2H3,(H,21,25)(H,22,26)/t15-/m0/s1. The third-order valence-corrected chi connectivity index (χ3v) is 3.98. The maximum Gasteiger partial charge on any atom is 0.320 e. The Balaban J connectivity index is 1.88. The summed E-state index contributed by atoms with van der Waals surface area (Å²) in [4.78, 5) is 27.7. The van der Waals surface area contributed by atoms with Gasteiger partial charge in [0.25, 0.3) is 0 Å². The van der Waals surface area contributed by atoms with Crippen LogP contribution in [-0.2, 0) is 16.0 Å². The van der Waals surface area contributed by atoms with Gasteiger partial charge in [0.05, 0.1) is 23.6 Å². The zero-order valence-electron chi connectivity index (χ0n) is 14.7. The first kappa shape index (κ1) is 19.8. The van der Waals surface area contributed by atoms with Gasteiger partial charge in [-0.2, -0.15) is 8.78 Å². The van der Waals surface area contributed by atoms with Crippen molar-refractivity contribution in [1.29, 1.82) is 0 Å². The first-order valence-electron chi connectivity index (χ1n) is 8.35. The van der Waals surface area contributed by atoms with Crippen LogP contribution in [0, 0.1) is 5.92 Å². The molecule has 7 nitrogen and oxygen atoms in total. The summed E-state index contributed by atoms with van der Waals surface area (Å²) >= 11 is 0. The number of benzene rings is 1. The number of alkyl halides is 2. The van der Waals surface area contributed by atoms with Crippen molar-refractivity contribution in [3.05, 3.63) is 30.1 Å². The lowest BCUT2D eigenvalue weighted by molar-refractivity contribution is -0.127. The fourth-order valence-electron chi connectivity index (χ4n) is 2.45. The van der Waals surface area contributed by atoms with Crippen molar-refractivity contribution in [3.63, 3.8) is 0 Å². The van der Waals surface area contributed by atoms with E-state index in [4.69, 9.17) is 5.73 Å². The van der Waals surface area contributed by atoms with E-state index in [2.05, 4.69) is 15.6 Å². The van der Waals surface area contributed by atoms with Gasteiger partial charge < -0.3 is 16.4 Å². The van der Waals surface area contributed by atoms with Crippen LogP contribution in [0.25, 0.3) is 11.0 Å². The summed E-state index contributed by atoms with van der Waals surface area (Å²) in [7, 11) is 0. The highest BCUT2D eigenvalue weighted by molar-refractivity contribution is 5.87. The smallest absolute Gasteiger partial charge is 0.320 e. The molecule has 142 valence electrons. The largest absolute Gasteiger partial charge is 0.354 e. The van der Waals surface area contributed by atoms with Crippen LogP contribution in [0.15, 0.2) is 24.3 Å². The molecule has 0 aliphatic heterocycles. The van der Waals surface area contributed by atoms with E-state index < -0.39 is 24.4 Å². The van der Waals surface area contributed by atoms with Gasteiger partial charge in [0.2, 0.25) is 11.8 Å². The molecule has 1 aromatic carbocycles. The van der Waals surface area contributed by atoms with Gasteiger partial charge >= 0.3 is 6.55 Å². The quantitative estimate of drug-likeness (QED) is 0.652. The topological polar surface area (TPSA) is 102 Å². The molecule has 0 bridgehead atoms. The van der Waals surface area contributed by atoms with E-state index in [9.17, 15) is 18.4 Å². The fourth-order valence-corrected chi connectivity index (χ4v) is 2.45. The van der Waals surface area contributed by atoms with Crippen LogP contribution in [0.2, 0.25) is 0 Å². The predicted molar refractivity (Wildman–Crippen MR) is 93.5 cm³/mol. The zero-order valence-corrected chi connectivity index (χ0v) is 14.7. The fraction of sp³-hybridized carbons (Fsp3) is 0.471. The van der Waals surface area contributed by atoms with Crippen molar-refractivity contribution in [2.45, 2.75) is 32.9 Å². The van der Waals surface area contributed by atoms with E-state index in [1.54, 1.807) is 38.1 Å². The van der Waals surface area contributed by atoms with Gasteiger partial charge in [-0.15, -0.1) is 0 Å². The number of fused-ring (bicyclic) bond motifs is 1. The van der Waals surface area contributed by atoms with Crippen LogP contribution in [0.5, 0.6) is 0 Å². The molecule has 9 heteroatoms. The molecule has 4 N–H and O–H groups in total. The normalized spacial score (nSPS) is 12.6. The number of amides is 2. The number of nitrogens with two attached hydrogens (primary N) is 1. The number of halogens is 2. The van der Waals surface area contributed by atoms with Crippen LogP contribution in [0.3, 0.4) is 0 Å². The van der Waals surface area contributed by atoms with E-state index in [1.807, 2.05) is 0 Å². The second-order valence-corrected chi connectivity index (χ2v) is 6.25. The van der Waals surface area contributed by atoms with Crippen molar-refractivity contribution in [2.24, 2.45) is 11.7 Å². The highest BCUT2D eigenvalue weighted by Gasteiger charge is 2.19. The first-order valence-corrected chi connectivity index (χ1v) is 8.35. The van der Waals surface area contributed by atoms with Crippen LogP contribution >= 0.6 is 0 Å². The Bertz CT molecular complexity index is 776. The molecule has 2 amide bonds. The van der Waals surface area contributed by atoms with E-state index in [0.717, 1.165) is 4.57 Å². The minimum absolute atomic E-state index is 0.0413. The molecule has 0 aliphatic carbocycles. The lowest BCUT2D eigenvalue weighted by atomic mass is 10.1. The van der Waals surface area contributed by atoms with Gasteiger partial charge in [-0.1, -0.05) is 26.0 Å². The molecule has 0 spiro atoms. The lowest BCUT2D eigenvalue weighted by Crippen LogP contribution is -2.47. The van der Waals surface area contributed by atoms with E-state index in [1.165, 1.54) is 0 Å². The number of para-hydroxylation sites is 2. The van der Waals surface area contributed by atoms with Gasteiger partial charge in [0.1, 0.15) is 5.82 Å². The molecule has 0 fully saturated rings. The molecule has 1 heterocycles. The monoisotopic (exact) mass is 367 g/mol.